The fraction of sp³-hybridized carbons (Fsp3) is 1.00. The molecule has 0 aromatic carbocycles. The van der Waals surface area contributed by atoms with Gasteiger partial charge in [0.25, 0.3) is 0 Å². The van der Waals surface area contributed by atoms with E-state index in [2.05, 4.69) is 13.8 Å². The predicted octanol–water partition coefficient (Wildman–Crippen LogP) is 0.403. The van der Waals surface area contributed by atoms with Crippen molar-refractivity contribution >= 4 is 22.5 Å². The number of hydrogen-bond donors (Lipinski definition) is 0. The third-order valence-corrected chi connectivity index (χ3v) is 4.45. The zero-order valence-corrected chi connectivity index (χ0v) is 9.23. The van der Waals surface area contributed by atoms with Crippen LogP contribution in [0.2, 0.25) is 3.93 Å². The van der Waals surface area contributed by atoms with Crippen LogP contribution >= 0.6 is 0 Å². The van der Waals surface area contributed by atoms with E-state index in [0.29, 0.717) is 0 Å². The van der Waals surface area contributed by atoms with Crippen molar-refractivity contribution in [3.8, 4) is 0 Å². The van der Waals surface area contributed by atoms with Crippen molar-refractivity contribution in [3.63, 3.8) is 0 Å². The van der Waals surface area contributed by atoms with Crippen molar-refractivity contribution in [2.75, 3.05) is 0 Å². The van der Waals surface area contributed by atoms with Crippen LogP contribution in [-0.2, 0) is 0 Å². The maximum Gasteiger partial charge on any atom is -0.412 e. The van der Waals surface area contributed by atoms with E-state index in [1.54, 1.807) is 0 Å². The second-order valence-corrected chi connectivity index (χ2v) is 4.98. The molecule has 0 aliphatic carbocycles. The maximum atomic E-state index is 2.27. The first-order chi connectivity index (χ1) is 2.81. The Hall–Kier alpha value is 0.759. The molecule has 0 atom stereocenters. The molecule has 0 aromatic heterocycles. The summed E-state index contributed by atoms with van der Waals surface area (Å²) in [5.74, 6) is 0. The van der Waals surface area contributed by atoms with E-state index >= 15 is 0 Å². The third kappa shape index (κ3) is 6.76. The van der Waals surface area contributed by atoms with Crippen LogP contribution < -0.4 is 0 Å². The molecule has 7 heavy (non-hydrogen) atoms. The quantitative estimate of drug-likeness (QED) is 0.591. The Morgan fingerprint density at radius 3 is 1.57 bits per heavy atom. The van der Waals surface area contributed by atoms with Crippen LogP contribution in [0.25, 0.3) is 0 Å². The van der Waals surface area contributed by atoms with E-state index in [4.69, 9.17) is 0 Å². The molecule has 0 saturated carbocycles. The molecular formula is C5H15OSn. The molecule has 0 amide bonds. The fourth-order valence-electron chi connectivity index (χ4n) is 0.289. The van der Waals surface area contributed by atoms with Crippen LogP contribution in [0.1, 0.15) is 26.7 Å². The Balaban J connectivity index is 0. The van der Waals surface area contributed by atoms with Crippen LogP contribution in [0.3, 0.4) is 0 Å². The van der Waals surface area contributed by atoms with Crippen molar-refractivity contribution in [2.24, 2.45) is 0 Å². The molecular weight excluding hydrogens is 195 g/mol. The maximum absolute atomic E-state index is 2.27. The molecule has 2 N–H and O–H groups in total. The first-order valence-electron chi connectivity index (χ1n) is 2.64. The molecule has 0 bridgehead atoms. The van der Waals surface area contributed by atoms with E-state index in [1.807, 2.05) is 0 Å². The second-order valence-electron chi connectivity index (χ2n) is 1.68. The predicted molar refractivity (Wildman–Crippen MR) is 36.5 cm³/mol. The van der Waals surface area contributed by atoms with E-state index in [1.165, 1.54) is 35.4 Å². The average Bonchev–Trinajstić information content (AvgIpc) is 1.65. The van der Waals surface area contributed by atoms with Gasteiger partial charge >= 0.3 is 53.1 Å². The number of hydrogen-bond acceptors (Lipinski definition) is 0. The Labute approximate surface area is 58.9 Å². The summed E-state index contributed by atoms with van der Waals surface area (Å²) in [5.41, 5.74) is 0. The van der Waals surface area contributed by atoms with Crippen LogP contribution in [0.4, 0.5) is 0 Å². The molecule has 45 valence electrons. The summed E-state index contributed by atoms with van der Waals surface area (Å²) in [5, 5.41) is 0. The van der Waals surface area contributed by atoms with Gasteiger partial charge in [-0.15, -0.1) is 0 Å². The molecule has 1 nitrogen and oxygen atoms in total. The van der Waals surface area contributed by atoms with Crippen LogP contribution in [0.15, 0.2) is 0 Å². The van der Waals surface area contributed by atoms with Crippen LogP contribution in [0.5, 0.6) is 0 Å². The molecule has 0 aromatic rings. The van der Waals surface area contributed by atoms with Gasteiger partial charge in [-0.1, -0.05) is 0 Å². The first kappa shape index (κ1) is 10.7. The molecule has 2 heteroatoms. The molecule has 0 aliphatic rings. The minimum atomic E-state index is 0. The van der Waals surface area contributed by atoms with Gasteiger partial charge in [0, 0.05) is 0 Å². The molecule has 0 unspecified atom stereocenters. The van der Waals surface area contributed by atoms with E-state index in [9.17, 15) is 0 Å². The topological polar surface area (TPSA) is 31.5 Å². The van der Waals surface area contributed by atoms with Gasteiger partial charge in [0.05, 0.1) is 0 Å². The van der Waals surface area contributed by atoms with Gasteiger partial charge in [-0.3, -0.25) is 0 Å². The zero-order chi connectivity index (χ0) is 4.99. The zero-order valence-electron chi connectivity index (χ0n) is 5.20. The minimum absolute atomic E-state index is 0. The van der Waals surface area contributed by atoms with Gasteiger partial charge in [-0.05, 0) is 0 Å². The van der Waals surface area contributed by atoms with E-state index < -0.39 is 0 Å². The van der Waals surface area contributed by atoms with Crippen molar-refractivity contribution in [3.05, 3.63) is 0 Å². The van der Waals surface area contributed by atoms with Gasteiger partial charge in [0.2, 0.25) is 0 Å². The Morgan fingerprint density at radius 1 is 1.29 bits per heavy atom. The summed E-state index contributed by atoms with van der Waals surface area (Å²) in [6, 6.07) is 0. The first-order valence-corrected chi connectivity index (χ1v) is 4.97. The van der Waals surface area contributed by atoms with Crippen molar-refractivity contribution in [1.82, 2.24) is 0 Å². The van der Waals surface area contributed by atoms with Gasteiger partial charge in [-0.25, -0.2) is 0 Å². The van der Waals surface area contributed by atoms with Gasteiger partial charge in [0.15, 0.2) is 0 Å². The van der Waals surface area contributed by atoms with E-state index in [0.717, 1.165) is 3.93 Å². The van der Waals surface area contributed by atoms with Crippen LogP contribution in [-0.4, -0.2) is 28.0 Å². The molecule has 0 heterocycles. The monoisotopic (exact) mass is 211 g/mol. The Morgan fingerprint density at radius 2 is 1.57 bits per heavy atom. The molecule has 0 rings (SSSR count). The molecule has 1 radical (unpaired) electrons. The van der Waals surface area contributed by atoms with Gasteiger partial charge < -0.3 is 5.48 Å². The fourth-order valence-corrected chi connectivity index (χ4v) is 0.289. The summed E-state index contributed by atoms with van der Waals surface area (Å²) >= 11 is 1.19. The summed E-state index contributed by atoms with van der Waals surface area (Å²) < 4.78 is 1.11. The van der Waals surface area contributed by atoms with Gasteiger partial charge in [0.1, 0.15) is 0 Å². The standard InChI is InChI=1S/C5H11.H2O.Sn.2H/c1-3-5-4-2;;;;/h5H,3-4H2,1-2H3;1H2;;;. The van der Waals surface area contributed by atoms with Crippen molar-refractivity contribution in [2.45, 2.75) is 30.6 Å². The summed E-state index contributed by atoms with van der Waals surface area (Å²) in [6.45, 7) is 4.55. The summed E-state index contributed by atoms with van der Waals surface area (Å²) in [4.78, 5) is 0. The van der Waals surface area contributed by atoms with Crippen molar-refractivity contribution < 1.29 is 5.48 Å². The average molecular weight is 210 g/mol. The number of rotatable bonds is 2. The molecule has 0 saturated heterocycles. The summed E-state index contributed by atoms with van der Waals surface area (Å²) in [7, 11) is 0. The SMILES string of the molecule is CC[CH]([SnH2])CC.O. The molecule has 0 fully saturated rings. The summed E-state index contributed by atoms with van der Waals surface area (Å²) in [6.07, 6.45) is 2.81. The Bertz CT molecular complexity index is 27.3. The smallest absolute Gasteiger partial charge is 0.412 e. The minimum Gasteiger partial charge on any atom is -0.412 e. The molecule has 0 aliphatic heterocycles. The van der Waals surface area contributed by atoms with Crippen LogP contribution in [0, 0.1) is 0 Å². The third-order valence-electron chi connectivity index (χ3n) is 1.15. The van der Waals surface area contributed by atoms with Crippen molar-refractivity contribution in [1.29, 1.82) is 0 Å². The van der Waals surface area contributed by atoms with E-state index in [-0.39, 0.29) is 5.48 Å². The molecule has 0 spiro atoms. The normalized spacial score (nSPS) is 8.57. The van der Waals surface area contributed by atoms with Gasteiger partial charge in [-0.2, -0.15) is 0 Å². The Kier molecular flexibility index (Phi) is 10.3. The largest absolute Gasteiger partial charge is 0.412 e. The second kappa shape index (κ2) is 6.76.